The van der Waals surface area contributed by atoms with E-state index in [1.807, 2.05) is 0 Å². The molecule has 1 saturated heterocycles. The molecule has 1 fully saturated rings. The average molecular weight is 230 g/mol. The second kappa shape index (κ2) is 4.00. The van der Waals surface area contributed by atoms with Crippen molar-refractivity contribution in [3.8, 4) is 0 Å². The highest BCUT2D eigenvalue weighted by Crippen LogP contribution is 2.38. The van der Waals surface area contributed by atoms with Gasteiger partial charge in [-0.15, -0.1) is 0 Å². The molecule has 0 spiro atoms. The van der Waals surface area contributed by atoms with E-state index < -0.39 is 0 Å². The minimum Gasteiger partial charge on any atom is -0.346 e. The standard InChI is InChI=1S/C4H8BrO2P2/c5-9(8)3-4-6-1-2-7-4/h4,8H,1-3H2/q+1. The van der Waals surface area contributed by atoms with Gasteiger partial charge in [0.2, 0.25) is 15.5 Å². The molecule has 0 aliphatic carbocycles. The Morgan fingerprint density at radius 2 is 2.11 bits per heavy atom. The van der Waals surface area contributed by atoms with E-state index in [0.717, 1.165) is 19.4 Å². The second-order valence-electron chi connectivity index (χ2n) is 1.72. The van der Waals surface area contributed by atoms with E-state index in [0.29, 0.717) is 0 Å². The predicted molar refractivity (Wildman–Crippen MR) is 44.7 cm³/mol. The van der Waals surface area contributed by atoms with Gasteiger partial charge in [0, 0.05) is 0 Å². The molecule has 1 aliphatic heterocycles. The molecule has 52 valence electrons. The van der Waals surface area contributed by atoms with Crippen LogP contribution in [0.25, 0.3) is 0 Å². The summed E-state index contributed by atoms with van der Waals surface area (Å²) in [6.45, 7) is 1.49. The normalized spacial score (nSPS) is 22.6. The molecule has 9 heavy (non-hydrogen) atoms. The summed E-state index contributed by atoms with van der Waals surface area (Å²) >= 11 is 3.40. The molecule has 0 bridgehead atoms. The zero-order valence-electron chi connectivity index (χ0n) is 4.84. The molecule has 1 atom stereocenters. The monoisotopic (exact) mass is 229 g/mol. The number of rotatable bonds is 2. The zero-order chi connectivity index (χ0) is 6.69. The first-order valence-corrected chi connectivity index (χ1v) is 7.55. The predicted octanol–water partition coefficient (Wildman–Crippen LogP) is 2.21. The number of ether oxygens (including phenoxy) is 2. The maximum absolute atomic E-state index is 5.20. The molecule has 1 heterocycles. The maximum Gasteiger partial charge on any atom is 0.215 e. The van der Waals surface area contributed by atoms with Gasteiger partial charge in [-0.3, -0.25) is 0 Å². The first kappa shape index (κ1) is 8.10. The summed E-state index contributed by atoms with van der Waals surface area (Å²) in [4.78, 5) is 0. The van der Waals surface area contributed by atoms with E-state index in [4.69, 9.17) is 9.47 Å². The lowest BCUT2D eigenvalue weighted by Crippen LogP contribution is -2.08. The summed E-state index contributed by atoms with van der Waals surface area (Å²) in [5, 5.41) is 0. The highest BCUT2D eigenvalue weighted by Gasteiger charge is 2.21. The van der Waals surface area contributed by atoms with Crippen LogP contribution in [-0.4, -0.2) is 25.7 Å². The number of hydrogen-bond donors (Lipinski definition) is 0. The van der Waals surface area contributed by atoms with Crippen LogP contribution >= 0.6 is 29.9 Å². The van der Waals surface area contributed by atoms with Crippen LogP contribution in [0.4, 0.5) is 0 Å². The van der Waals surface area contributed by atoms with Crippen LogP contribution in [0.5, 0.6) is 0 Å². The average Bonchev–Trinajstić information content (AvgIpc) is 2.15. The van der Waals surface area contributed by atoms with Crippen molar-refractivity contribution in [2.24, 2.45) is 0 Å². The first-order valence-electron chi connectivity index (χ1n) is 2.67. The minimum absolute atomic E-state index is 0.0213. The maximum atomic E-state index is 5.20. The van der Waals surface area contributed by atoms with Crippen LogP contribution in [0.1, 0.15) is 0 Å². The lowest BCUT2D eigenvalue weighted by Gasteiger charge is -1.99. The Morgan fingerprint density at radius 1 is 1.56 bits per heavy atom. The molecule has 0 N–H and O–H groups in total. The fraction of sp³-hybridized carbons (Fsp3) is 1.00. The largest absolute Gasteiger partial charge is 0.346 e. The fourth-order valence-electron chi connectivity index (χ4n) is 0.644. The van der Waals surface area contributed by atoms with Gasteiger partial charge in [0.1, 0.15) is 8.53 Å². The Hall–Kier alpha value is 1.00. The van der Waals surface area contributed by atoms with Crippen LogP contribution < -0.4 is 0 Å². The van der Waals surface area contributed by atoms with Crippen molar-refractivity contribution in [2.45, 2.75) is 6.29 Å². The van der Waals surface area contributed by atoms with Crippen LogP contribution in [0.15, 0.2) is 0 Å². The third-order valence-electron chi connectivity index (χ3n) is 1.00. The van der Waals surface area contributed by atoms with Crippen LogP contribution in [-0.2, 0) is 9.47 Å². The zero-order valence-corrected chi connectivity index (χ0v) is 8.32. The van der Waals surface area contributed by atoms with Gasteiger partial charge >= 0.3 is 0 Å². The van der Waals surface area contributed by atoms with E-state index in [1.54, 1.807) is 0 Å². The van der Waals surface area contributed by atoms with Gasteiger partial charge in [-0.2, -0.15) is 0 Å². The van der Waals surface area contributed by atoms with Gasteiger partial charge in [-0.05, 0) is 0 Å². The molecule has 0 aromatic carbocycles. The van der Waals surface area contributed by atoms with Crippen LogP contribution in [0.3, 0.4) is 0 Å². The molecule has 0 aromatic heterocycles. The summed E-state index contributed by atoms with van der Waals surface area (Å²) < 4.78 is 10.4. The molecule has 1 aliphatic rings. The van der Waals surface area contributed by atoms with Crippen molar-refractivity contribution in [3.63, 3.8) is 0 Å². The topological polar surface area (TPSA) is 18.5 Å². The number of halogens is 1. The molecule has 0 saturated carbocycles. The lowest BCUT2D eigenvalue weighted by atomic mass is 10.8. The molecule has 1 rings (SSSR count). The van der Waals surface area contributed by atoms with Crippen molar-refractivity contribution in [1.29, 1.82) is 0 Å². The van der Waals surface area contributed by atoms with Crippen LogP contribution in [0, 0.1) is 0 Å². The Kier molecular flexibility index (Phi) is 3.60. The van der Waals surface area contributed by atoms with Crippen molar-refractivity contribution >= 4 is 29.9 Å². The highest BCUT2D eigenvalue weighted by molar-refractivity contribution is 9.40. The van der Waals surface area contributed by atoms with Crippen molar-refractivity contribution < 1.29 is 9.47 Å². The highest BCUT2D eigenvalue weighted by atomic mass is 79.9. The lowest BCUT2D eigenvalue weighted by molar-refractivity contribution is -0.0217. The molecule has 5 heteroatoms. The quantitative estimate of drug-likeness (QED) is 0.677. The van der Waals surface area contributed by atoms with E-state index in [1.165, 1.54) is 0 Å². The summed E-state index contributed by atoms with van der Waals surface area (Å²) in [6.07, 6.45) is 0.944. The van der Waals surface area contributed by atoms with Crippen LogP contribution in [0.2, 0.25) is 0 Å². The third kappa shape index (κ3) is 3.06. The Morgan fingerprint density at radius 3 is 2.56 bits per heavy atom. The summed E-state index contributed by atoms with van der Waals surface area (Å²) in [7, 11) is 3.45. The third-order valence-corrected chi connectivity index (χ3v) is 3.04. The first-order chi connectivity index (χ1) is 4.29. The molecule has 0 radical (unpaired) electrons. The molecule has 0 aromatic rings. The van der Waals surface area contributed by atoms with Crippen molar-refractivity contribution in [2.75, 3.05) is 19.4 Å². The summed E-state index contributed by atoms with van der Waals surface area (Å²) in [5.74, 6) is -0.243. The van der Waals surface area contributed by atoms with Gasteiger partial charge < -0.3 is 9.47 Å². The Balaban J connectivity index is 2.19. The van der Waals surface area contributed by atoms with Crippen molar-refractivity contribution in [3.05, 3.63) is 0 Å². The molecular weight excluding hydrogens is 222 g/mol. The molecule has 1 unspecified atom stereocenters. The van der Waals surface area contributed by atoms with Gasteiger partial charge in [0.25, 0.3) is 0 Å². The van der Waals surface area contributed by atoms with Crippen molar-refractivity contribution in [1.82, 2.24) is 0 Å². The fourth-order valence-corrected chi connectivity index (χ4v) is 2.27. The van der Waals surface area contributed by atoms with Gasteiger partial charge in [0.05, 0.1) is 13.2 Å². The SMILES string of the molecule is P=[P+](Br)CC1OCCO1. The van der Waals surface area contributed by atoms with E-state index in [-0.39, 0.29) is 12.2 Å². The summed E-state index contributed by atoms with van der Waals surface area (Å²) in [6, 6.07) is 0. The molecule has 2 nitrogen and oxygen atoms in total. The Bertz CT molecular complexity index is 113. The van der Waals surface area contributed by atoms with Gasteiger partial charge in [0.15, 0.2) is 18.4 Å². The van der Waals surface area contributed by atoms with E-state index in [2.05, 4.69) is 24.0 Å². The second-order valence-corrected chi connectivity index (χ2v) is 8.96. The molecule has 0 amide bonds. The summed E-state index contributed by atoms with van der Waals surface area (Å²) in [5.41, 5.74) is 0. The van der Waals surface area contributed by atoms with E-state index >= 15 is 0 Å². The van der Waals surface area contributed by atoms with E-state index in [9.17, 15) is 0 Å². The number of hydrogen-bond acceptors (Lipinski definition) is 2. The molecular formula is C4H8BrO2P2+. The van der Waals surface area contributed by atoms with Gasteiger partial charge in [-0.1, -0.05) is 0 Å². The Labute approximate surface area is 65.5 Å². The van der Waals surface area contributed by atoms with Gasteiger partial charge in [-0.25, -0.2) is 0 Å². The smallest absolute Gasteiger partial charge is 0.215 e. The minimum atomic E-state index is -0.243.